The summed E-state index contributed by atoms with van der Waals surface area (Å²) in [6.07, 6.45) is -0.832. The molecule has 0 saturated carbocycles. The van der Waals surface area contributed by atoms with E-state index in [4.69, 9.17) is 0 Å². The highest BCUT2D eigenvalue weighted by Gasteiger charge is 2.14. The third-order valence-corrected chi connectivity index (χ3v) is 2.84. The van der Waals surface area contributed by atoms with Gasteiger partial charge in [-0.15, -0.1) is 0 Å². The van der Waals surface area contributed by atoms with Crippen LogP contribution in [-0.4, -0.2) is 15.1 Å². The molecular formula is C14H11FN2O. The zero-order valence-electron chi connectivity index (χ0n) is 9.47. The van der Waals surface area contributed by atoms with Crippen LogP contribution in [0.1, 0.15) is 17.5 Å². The summed E-state index contributed by atoms with van der Waals surface area (Å²) in [5.41, 5.74) is 1.97. The molecule has 2 N–H and O–H groups in total. The van der Waals surface area contributed by atoms with Gasteiger partial charge in [-0.25, -0.2) is 9.37 Å². The molecule has 0 fully saturated rings. The number of rotatable bonds is 2. The Bertz CT molecular complexity index is 679. The lowest BCUT2D eigenvalue weighted by atomic mass is 10.1. The van der Waals surface area contributed by atoms with Crippen LogP contribution < -0.4 is 0 Å². The molecule has 1 heterocycles. The Balaban J connectivity index is 2.04. The molecule has 0 radical (unpaired) electrons. The molecule has 18 heavy (non-hydrogen) atoms. The van der Waals surface area contributed by atoms with E-state index in [1.165, 1.54) is 12.1 Å². The summed E-state index contributed by atoms with van der Waals surface area (Å²) in [4.78, 5) is 7.19. The Hall–Kier alpha value is -2.20. The van der Waals surface area contributed by atoms with Crippen molar-refractivity contribution in [2.24, 2.45) is 0 Å². The van der Waals surface area contributed by atoms with Gasteiger partial charge in [0.25, 0.3) is 0 Å². The van der Waals surface area contributed by atoms with Crippen LogP contribution in [0.4, 0.5) is 4.39 Å². The number of fused-ring (bicyclic) bond motifs is 1. The van der Waals surface area contributed by atoms with E-state index in [0.29, 0.717) is 16.9 Å². The lowest BCUT2D eigenvalue weighted by Crippen LogP contribution is -2.01. The molecule has 0 amide bonds. The van der Waals surface area contributed by atoms with Crippen LogP contribution in [0, 0.1) is 5.82 Å². The standard InChI is InChI=1S/C14H11FN2O/c15-10-6-7-11-12(8-10)17-14(16-11)13(18)9-4-2-1-3-5-9/h1-8,13,18H,(H,16,17). The van der Waals surface area contributed by atoms with Gasteiger partial charge >= 0.3 is 0 Å². The number of H-pyrrole nitrogens is 1. The topological polar surface area (TPSA) is 48.9 Å². The maximum absolute atomic E-state index is 13.1. The van der Waals surface area contributed by atoms with E-state index >= 15 is 0 Å². The highest BCUT2D eigenvalue weighted by atomic mass is 19.1. The van der Waals surface area contributed by atoms with E-state index in [1.54, 1.807) is 6.07 Å². The predicted molar refractivity (Wildman–Crippen MR) is 66.6 cm³/mol. The van der Waals surface area contributed by atoms with E-state index < -0.39 is 6.10 Å². The number of aliphatic hydroxyl groups excluding tert-OH is 1. The van der Waals surface area contributed by atoms with E-state index in [-0.39, 0.29) is 5.82 Å². The van der Waals surface area contributed by atoms with Crippen molar-refractivity contribution >= 4 is 11.0 Å². The second-order valence-corrected chi connectivity index (χ2v) is 4.10. The number of aliphatic hydroxyl groups is 1. The molecule has 1 unspecified atom stereocenters. The molecule has 3 rings (SSSR count). The minimum atomic E-state index is -0.832. The van der Waals surface area contributed by atoms with E-state index in [1.807, 2.05) is 30.3 Å². The fourth-order valence-corrected chi connectivity index (χ4v) is 1.92. The molecule has 1 aromatic heterocycles. The third kappa shape index (κ3) is 1.87. The fourth-order valence-electron chi connectivity index (χ4n) is 1.92. The quantitative estimate of drug-likeness (QED) is 0.726. The summed E-state index contributed by atoms with van der Waals surface area (Å²) in [6.45, 7) is 0. The Morgan fingerprint density at radius 2 is 1.89 bits per heavy atom. The molecule has 3 aromatic rings. The summed E-state index contributed by atoms with van der Waals surface area (Å²) in [6, 6.07) is 13.5. The van der Waals surface area contributed by atoms with Gasteiger partial charge in [0.05, 0.1) is 11.0 Å². The molecule has 0 aliphatic heterocycles. The van der Waals surface area contributed by atoms with E-state index in [9.17, 15) is 9.50 Å². The first-order valence-electron chi connectivity index (χ1n) is 5.62. The molecular weight excluding hydrogens is 231 g/mol. The largest absolute Gasteiger partial charge is 0.380 e. The normalized spacial score (nSPS) is 12.8. The summed E-state index contributed by atoms with van der Waals surface area (Å²) in [5.74, 6) is 0.0914. The highest BCUT2D eigenvalue weighted by Crippen LogP contribution is 2.22. The first kappa shape index (κ1) is 10.9. The van der Waals surface area contributed by atoms with Gasteiger partial charge in [0.1, 0.15) is 17.7 Å². The number of benzene rings is 2. The fraction of sp³-hybridized carbons (Fsp3) is 0.0714. The van der Waals surface area contributed by atoms with Crippen LogP contribution in [0.3, 0.4) is 0 Å². The van der Waals surface area contributed by atoms with E-state index in [2.05, 4.69) is 9.97 Å². The predicted octanol–water partition coefficient (Wildman–Crippen LogP) is 2.78. The second-order valence-electron chi connectivity index (χ2n) is 4.10. The van der Waals surface area contributed by atoms with Crippen LogP contribution >= 0.6 is 0 Å². The summed E-state index contributed by atoms with van der Waals surface area (Å²) in [7, 11) is 0. The van der Waals surface area contributed by atoms with Gasteiger partial charge in [-0.2, -0.15) is 0 Å². The Kier molecular flexibility index (Phi) is 2.57. The van der Waals surface area contributed by atoms with Crippen molar-refractivity contribution in [3.05, 3.63) is 65.7 Å². The van der Waals surface area contributed by atoms with Crippen molar-refractivity contribution in [3.8, 4) is 0 Å². The molecule has 0 spiro atoms. The monoisotopic (exact) mass is 242 g/mol. The number of aromatic nitrogens is 2. The van der Waals surface area contributed by atoms with Crippen LogP contribution in [0.15, 0.2) is 48.5 Å². The number of nitrogens with one attached hydrogen (secondary N) is 1. The Labute approximate surface area is 103 Å². The third-order valence-electron chi connectivity index (χ3n) is 2.84. The Morgan fingerprint density at radius 3 is 2.67 bits per heavy atom. The maximum atomic E-state index is 13.1. The number of hydrogen-bond donors (Lipinski definition) is 2. The molecule has 0 aliphatic carbocycles. The van der Waals surface area contributed by atoms with E-state index in [0.717, 1.165) is 5.56 Å². The zero-order valence-corrected chi connectivity index (χ0v) is 9.47. The van der Waals surface area contributed by atoms with Crippen LogP contribution in [-0.2, 0) is 0 Å². The number of nitrogens with zero attached hydrogens (tertiary/aromatic N) is 1. The first-order chi connectivity index (χ1) is 8.74. The SMILES string of the molecule is OC(c1ccccc1)c1nc2ccc(F)cc2[nH]1. The van der Waals surface area contributed by atoms with Crippen LogP contribution in [0.25, 0.3) is 11.0 Å². The van der Waals surface area contributed by atoms with Crippen molar-refractivity contribution in [1.82, 2.24) is 9.97 Å². The van der Waals surface area contributed by atoms with Gasteiger partial charge < -0.3 is 10.1 Å². The van der Waals surface area contributed by atoms with Crippen molar-refractivity contribution in [2.75, 3.05) is 0 Å². The minimum absolute atomic E-state index is 0.327. The molecule has 1 atom stereocenters. The molecule has 0 aliphatic rings. The van der Waals surface area contributed by atoms with Gasteiger partial charge in [0, 0.05) is 0 Å². The van der Waals surface area contributed by atoms with Gasteiger partial charge in [-0.1, -0.05) is 30.3 Å². The maximum Gasteiger partial charge on any atom is 0.140 e. The van der Waals surface area contributed by atoms with Gasteiger partial charge in [-0.3, -0.25) is 0 Å². The number of hydrogen-bond acceptors (Lipinski definition) is 2. The van der Waals surface area contributed by atoms with Crippen molar-refractivity contribution in [3.63, 3.8) is 0 Å². The second kappa shape index (κ2) is 4.23. The molecule has 2 aromatic carbocycles. The van der Waals surface area contributed by atoms with Crippen molar-refractivity contribution in [2.45, 2.75) is 6.10 Å². The highest BCUT2D eigenvalue weighted by molar-refractivity contribution is 5.75. The molecule has 0 saturated heterocycles. The molecule has 3 nitrogen and oxygen atoms in total. The summed E-state index contributed by atoms with van der Waals surface area (Å²) >= 11 is 0. The van der Waals surface area contributed by atoms with Crippen LogP contribution in [0.2, 0.25) is 0 Å². The average Bonchev–Trinajstić information content (AvgIpc) is 2.81. The average molecular weight is 242 g/mol. The number of imidazole rings is 1. The smallest absolute Gasteiger partial charge is 0.140 e. The van der Waals surface area contributed by atoms with Gasteiger partial charge in [-0.05, 0) is 23.8 Å². The minimum Gasteiger partial charge on any atom is -0.380 e. The Morgan fingerprint density at radius 1 is 1.11 bits per heavy atom. The zero-order chi connectivity index (χ0) is 12.5. The van der Waals surface area contributed by atoms with Gasteiger partial charge in [0.2, 0.25) is 0 Å². The first-order valence-corrected chi connectivity index (χ1v) is 5.62. The van der Waals surface area contributed by atoms with Crippen molar-refractivity contribution in [1.29, 1.82) is 0 Å². The van der Waals surface area contributed by atoms with Crippen molar-refractivity contribution < 1.29 is 9.50 Å². The summed E-state index contributed by atoms with van der Waals surface area (Å²) < 4.78 is 13.1. The number of aromatic amines is 1. The molecule has 4 heteroatoms. The van der Waals surface area contributed by atoms with Gasteiger partial charge in [0.15, 0.2) is 0 Å². The molecule has 90 valence electrons. The molecule has 0 bridgehead atoms. The summed E-state index contributed by atoms with van der Waals surface area (Å²) in [5, 5.41) is 10.2. The van der Waals surface area contributed by atoms with Crippen LogP contribution in [0.5, 0.6) is 0 Å². The lowest BCUT2D eigenvalue weighted by Gasteiger charge is -2.06. The number of halogens is 1. The lowest BCUT2D eigenvalue weighted by molar-refractivity contribution is 0.211.